The van der Waals surface area contributed by atoms with E-state index in [1.54, 1.807) is 0 Å². The molecule has 2 N–H and O–H groups in total. The molecule has 0 unspecified atom stereocenters. The average Bonchev–Trinajstić information content (AvgIpc) is 2.45. The van der Waals surface area contributed by atoms with Crippen LogP contribution >= 0.6 is 0 Å². The van der Waals surface area contributed by atoms with Crippen molar-refractivity contribution in [1.29, 1.82) is 0 Å². The van der Waals surface area contributed by atoms with Crippen molar-refractivity contribution in [1.82, 2.24) is 9.97 Å². The minimum absolute atomic E-state index is 0.452. The maximum atomic E-state index is 4.59. The third-order valence-electron chi connectivity index (χ3n) is 3.26. The van der Waals surface area contributed by atoms with Gasteiger partial charge in [-0.15, -0.1) is 0 Å². The molecular formula is C15H22N4. The molecule has 1 aromatic heterocycles. The molecular weight excluding hydrogens is 236 g/mol. The highest BCUT2D eigenvalue weighted by molar-refractivity contribution is 5.90. The van der Waals surface area contributed by atoms with Crippen LogP contribution in [0.4, 0.5) is 11.8 Å². The molecule has 102 valence electrons. The molecule has 0 amide bonds. The Morgan fingerprint density at radius 3 is 2.47 bits per heavy atom. The summed E-state index contributed by atoms with van der Waals surface area (Å²) in [4.78, 5) is 9.12. The van der Waals surface area contributed by atoms with Crippen LogP contribution < -0.4 is 10.6 Å². The molecule has 0 radical (unpaired) electrons. The third kappa shape index (κ3) is 3.13. The highest BCUT2D eigenvalue weighted by atomic mass is 15.1. The number of nitrogens with one attached hydrogen (secondary N) is 2. The van der Waals surface area contributed by atoms with E-state index < -0.39 is 0 Å². The summed E-state index contributed by atoms with van der Waals surface area (Å²) in [6.45, 7) is 7.25. The van der Waals surface area contributed by atoms with Gasteiger partial charge in [-0.1, -0.05) is 26.0 Å². The number of hydrogen-bond donors (Lipinski definition) is 2. The zero-order chi connectivity index (χ0) is 13.7. The largest absolute Gasteiger partial charge is 0.367 e. The highest BCUT2D eigenvalue weighted by Crippen LogP contribution is 2.23. The van der Waals surface area contributed by atoms with Crippen molar-refractivity contribution in [3.63, 3.8) is 0 Å². The summed E-state index contributed by atoms with van der Waals surface area (Å²) in [6, 6.07) is 8.57. The van der Waals surface area contributed by atoms with Crippen molar-refractivity contribution in [2.24, 2.45) is 0 Å². The van der Waals surface area contributed by atoms with Gasteiger partial charge in [-0.3, -0.25) is 0 Å². The quantitative estimate of drug-likeness (QED) is 0.830. The maximum Gasteiger partial charge on any atom is 0.225 e. The van der Waals surface area contributed by atoms with Gasteiger partial charge in [0.25, 0.3) is 0 Å². The Balaban J connectivity index is 2.43. The van der Waals surface area contributed by atoms with E-state index >= 15 is 0 Å². The van der Waals surface area contributed by atoms with Crippen LogP contribution in [0.2, 0.25) is 0 Å². The van der Waals surface area contributed by atoms with Crippen LogP contribution in [-0.2, 0) is 0 Å². The number of nitrogens with zero attached hydrogens (tertiary/aromatic N) is 2. The summed E-state index contributed by atoms with van der Waals surface area (Å²) in [6.07, 6.45) is 2.18. The van der Waals surface area contributed by atoms with Crippen molar-refractivity contribution in [3.8, 4) is 0 Å². The van der Waals surface area contributed by atoms with Crippen LogP contribution in [0.1, 0.15) is 33.6 Å². The molecule has 0 bridgehead atoms. The van der Waals surface area contributed by atoms with Crippen molar-refractivity contribution < 1.29 is 0 Å². The summed E-state index contributed by atoms with van der Waals surface area (Å²) >= 11 is 0. The summed E-state index contributed by atoms with van der Waals surface area (Å²) < 4.78 is 0. The van der Waals surface area contributed by atoms with Crippen LogP contribution in [0.25, 0.3) is 10.9 Å². The zero-order valence-corrected chi connectivity index (χ0v) is 11.9. The van der Waals surface area contributed by atoms with E-state index in [1.165, 1.54) is 0 Å². The maximum absolute atomic E-state index is 4.59. The molecule has 19 heavy (non-hydrogen) atoms. The van der Waals surface area contributed by atoms with Gasteiger partial charge in [0.1, 0.15) is 5.82 Å². The Kier molecular flexibility index (Phi) is 4.55. The smallest absolute Gasteiger partial charge is 0.225 e. The Hall–Kier alpha value is -1.84. The lowest BCUT2D eigenvalue weighted by Gasteiger charge is -2.17. The molecule has 1 aromatic carbocycles. The minimum Gasteiger partial charge on any atom is -0.367 e. The first-order valence-corrected chi connectivity index (χ1v) is 7.05. The summed E-state index contributed by atoms with van der Waals surface area (Å²) in [5, 5.41) is 7.80. The van der Waals surface area contributed by atoms with E-state index in [4.69, 9.17) is 0 Å². The Bertz CT molecular complexity index is 535. The number of para-hydroxylation sites is 1. The van der Waals surface area contributed by atoms with Crippen LogP contribution in [0.5, 0.6) is 0 Å². The molecule has 0 saturated heterocycles. The van der Waals surface area contributed by atoms with E-state index in [2.05, 4.69) is 40.5 Å². The summed E-state index contributed by atoms with van der Waals surface area (Å²) in [5.41, 5.74) is 0.974. The minimum atomic E-state index is 0.452. The summed E-state index contributed by atoms with van der Waals surface area (Å²) in [5.74, 6) is 1.62. The SMILES string of the molecule is CCNc1nc(NC(CC)CC)c2ccccc2n1. The number of rotatable bonds is 6. The van der Waals surface area contributed by atoms with Crippen molar-refractivity contribution >= 4 is 22.7 Å². The van der Waals surface area contributed by atoms with E-state index in [1.807, 2.05) is 25.1 Å². The van der Waals surface area contributed by atoms with Gasteiger partial charge in [0, 0.05) is 18.0 Å². The van der Waals surface area contributed by atoms with Crippen LogP contribution in [0, 0.1) is 0 Å². The monoisotopic (exact) mass is 258 g/mol. The zero-order valence-electron chi connectivity index (χ0n) is 11.9. The van der Waals surface area contributed by atoms with Gasteiger partial charge in [0.05, 0.1) is 5.52 Å². The topological polar surface area (TPSA) is 49.8 Å². The molecule has 0 saturated carbocycles. The van der Waals surface area contributed by atoms with Gasteiger partial charge in [-0.05, 0) is 31.9 Å². The van der Waals surface area contributed by atoms with Gasteiger partial charge in [0.15, 0.2) is 0 Å². The Labute approximate surface area is 114 Å². The number of hydrogen-bond acceptors (Lipinski definition) is 4. The lowest BCUT2D eigenvalue weighted by atomic mass is 10.1. The molecule has 0 aliphatic rings. The fraction of sp³-hybridized carbons (Fsp3) is 0.467. The number of benzene rings is 1. The fourth-order valence-electron chi connectivity index (χ4n) is 2.11. The van der Waals surface area contributed by atoms with Crippen LogP contribution in [0.15, 0.2) is 24.3 Å². The van der Waals surface area contributed by atoms with Gasteiger partial charge in [-0.25, -0.2) is 4.98 Å². The van der Waals surface area contributed by atoms with Crippen molar-refractivity contribution in [3.05, 3.63) is 24.3 Å². The molecule has 0 fully saturated rings. The lowest BCUT2D eigenvalue weighted by Crippen LogP contribution is -2.18. The lowest BCUT2D eigenvalue weighted by molar-refractivity contribution is 0.669. The standard InChI is InChI=1S/C15H22N4/c1-4-11(5-2)17-14-12-9-7-8-10-13(12)18-15(19-14)16-6-3/h7-11H,4-6H2,1-3H3,(H2,16,17,18,19). The van der Waals surface area contributed by atoms with Crippen molar-refractivity contribution in [2.75, 3.05) is 17.2 Å². The molecule has 0 spiro atoms. The fourth-order valence-corrected chi connectivity index (χ4v) is 2.11. The van der Waals surface area contributed by atoms with E-state index in [-0.39, 0.29) is 0 Å². The third-order valence-corrected chi connectivity index (χ3v) is 3.26. The van der Waals surface area contributed by atoms with E-state index in [0.29, 0.717) is 12.0 Å². The van der Waals surface area contributed by atoms with E-state index in [0.717, 1.165) is 36.1 Å². The normalized spacial score (nSPS) is 10.9. The average molecular weight is 258 g/mol. The first-order chi connectivity index (χ1) is 9.28. The number of aromatic nitrogens is 2. The van der Waals surface area contributed by atoms with Crippen LogP contribution in [-0.4, -0.2) is 22.6 Å². The molecule has 2 aromatic rings. The molecule has 0 aliphatic heterocycles. The molecule has 0 aliphatic carbocycles. The van der Waals surface area contributed by atoms with Gasteiger partial charge >= 0.3 is 0 Å². The molecule has 0 atom stereocenters. The molecule has 4 heteroatoms. The van der Waals surface area contributed by atoms with Gasteiger partial charge in [-0.2, -0.15) is 4.98 Å². The second-order valence-corrected chi connectivity index (χ2v) is 4.60. The molecule has 4 nitrogen and oxygen atoms in total. The number of anilines is 2. The van der Waals surface area contributed by atoms with Crippen molar-refractivity contribution in [2.45, 2.75) is 39.7 Å². The second kappa shape index (κ2) is 6.36. The second-order valence-electron chi connectivity index (χ2n) is 4.60. The highest BCUT2D eigenvalue weighted by Gasteiger charge is 2.10. The summed E-state index contributed by atoms with van der Waals surface area (Å²) in [7, 11) is 0. The predicted octanol–water partition coefficient (Wildman–Crippen LogP) is 3.66. The predicted molar refractivity (Wildman–Crippen MR) is 81.7 cm³/mol. The van der Waals surface area contributed by atoms with Gasteiger partial charge in [0.2, 0.25) is 5.95 Å². The number of fused-ring (bicyclic) bond motifs is 1. The Morgan fingerprint density at radius 1 is 1.05 bits per heavy atom. The van der Waals surface area contributed by atoms with E-state index in [9.17, 15) is 0 Å². The Morgan fingerprint density at radius 2 is 1.79 bits per heavy atom. The first kappa shape index (κ1) is 13.6. The first-order valence-electron chi connectivity index (χ1n) is 7.05. The molecule has 1 heterocycles. The van der Waals surface area contributed by atoms with Gasteiger partial charge < -0.3 is 10.6 Å². The van der Waals surface area contributed by atoms with Crippen LogP contribution in [0.3, 0.4) is 0 Å². The molecule has 2 rings (SSSR count).